The van der Waals surface area contributed by atoms with Gasteiger partial charge in [-0.25, -0.2) is 0 Å². The van der Waals surface area contributed by atoms with Gasteiger partial charge in [0.1, 0.15) is 0 Å². The predicted molar refractivity (Wildman–Crippen MR) is 70.7 cm³/mol. The van der Waals surface area contributed by atoms with Gasteiger partial charge in [0, 0.05) is 0 Å². The van der Waals surface area contributed by atoms with Crippen LogP contribution in [-0.4, -0.2) is 0 Å². The van der Waals surface area contributed by atoms with E-state index >= 15 is 0 Å². The second-order valence-corrected chi connectivity index (χ2v) is 5.92. The monoisotopic (exact) mass is 368 g/mol. The minimum atomic E-state index is -4.24. The Kier molecular flexibility index (Phi) is 4.21. The van der Waals surface area contributed by atoms with Crippen LogP contribution in [0.5, 0.6) is 0 Å². The van der Waals surface area contributed by atoms with Crippen molar-refractivity contribution in [3.63, 3.8) is 0 Å². The molecule has 2 aromatic rings. The second kappa shape index (κ2) is 5.69. The van der Waals surface area contributed by atoms with Crippen molar-refractivity contribution in [2.75, 3.05) is 0 Å². The molecular formula is C13H9F4I. The Morgan fingerprint density at radius 3 is 2.11 bits per heavy atom. The molecule has 0 spiro atoms. The third-order valence-electron chi connectivity index (χ3n) is 2.49. The Labute approximate surface area is 111 Å². The minimum absolute atomic E-state index is 0.0145. The average molecular weight is 368 g/mol. The van der Waals surface area contributed by atoms with Crippen LogP contribution >= 0.6 is 21.0 Å². The molecule has 0 amide bonds. The summed E-state index contributed by atoms with van der Waals surface area (Å²) in [4.78, 5) is 0. The van der Waals surface area contributed by atoms with Gasteiger partial charge in [-0.3, -0.25) is 0 Å². The summed E-state index contributed by atoms with van der Waals surface area (Å²) in [6, 6.07) is 10.4. The van der Waals surface area contributed by atoms with E-state index in [1.165, 1.54) is 36.4 Å². The summed E-state index contributed by atoms with van der Waals surface area (Å²) in [6.07, 6.45) is -1.65. The first kappa shape index (κ1) is 13.3. The number of halogens is 5. The zero-order valence-corrected chi connectivity index (χ0v) is 11.2. The summed E-state index contributed by atoms with van der Waals surface area (Å²) < 4.78 is 52.5. The molecule has 0 aliphatic heterocycles. The van der Waals surface area contributed by atoms with E-state index in [1.807, 2.05) is 0 Å². The molecule has 0 N–H and O–H groups in total. The summed E-state index contributed by atoms with van der Waals surface area (Å²) in [5.41, 5.74) is 0.167. The van der Waals surface area contributed by atoms with Gasteiger partial charge in [0.25, 0.3) is 0 Å². The molecule has 1 unspecified atom stereocenters. The van der Waals surface area contributed by atoms with Crippen molar-refractivity contribution in [2.24, 2.45) is 0 Å². The van der Waals surface area contributed by atoms with Gasteiger partial charge in [-0.15, -0.1) is 0 Å². The SMILES string of the molecule is Fc1ccc(C(F)c2ccccc2I(F)F)cc1. The van der Waals surface area contributed by atoms with Gasteiger partial charge < -0.3 is 0 Å². The average Bonchev–Trinajstić information content (AvgIpc) is 2.39. The number of rotatable bonds is 3. The first-order valence-electron chi connectivity index (χ1n) is 5.11. The molecule has 0 heterocycles. The first-order valence-corrected chi connectivity index (χ1v) is 7.82. The fraction of sp³-hybridized carbons (Fsp3) is 0.0769. The Morgan fingerprint density at radius 1 is 0.889 bits per heavy atom. The molecule has 0 saturated carbocycles. The van der Waals surface area contributed by atoms with Crippen molar-refractivity contribution in [3.8, 4) is 0 Å². The molecule has 0 fully saturated rings. The molecule has 0 bridgehead atoms. The molecule has 1 atom stereocenters. The molecule has 2 aromatic carbocycles. The third-order valence-corrected chi connectivity index (χ3v) is 4.36. The molecule has 0 aliphatic carbocycles. The van der Waals surface area contributed by atoms with Gasteiger partial charge >= 0.3 is 111 Å². The van der Waals surface area contributed by atoms with Gasteiger partial charge in [-0.05, 0) is 0 Å². The maximum absolute atomic E-state index is 14.2. The Bertz CT molecular complexity index is 525. The standard InChI is InChI=1S/C13H9F4I/c14-10-7-5-9(6-8-10)13(15)11-3-1-2-4-12(11)18(16)17/h1-8,13H. The molecule has 5 heteroatoms. The molecular weight excluding hydrogens is 359 g/mol. The number of benzene rings is 2. The van der Waals surface area contributed by atoms with Crippen LogP contribution in [-0.2, 0) is 0 Å². The number of alkyl halides is 1. The van der Waals surface area contributed by atoms with Crippen LogP contribution in [0.15, 0.2) is 48.5 Å². The van der Waals surface area contributed by atoms with Crippen LogP contribution in [0, 0.1) is 9.39 Å². The first-order chi connectivity index (χ1) is 8.59. The number of hydrogen-bond donors (Lipinski definition) is 0. The van der Waals surface area contributed by atoms with Crippen molar-refractivity contribution >= 4 is 21.0 Å². The third kappa shape index (κ3) is 2.82. The number of hydrogen-bond acceptors (Lipinski definition) is 0. The zero-order valence-electron chi connectivity index (χ0n) is 9.09. The van der Waals surface area contributed by atoms with E-state index in [2.05, 4.69) is 0 Å². The molecule has 2 rings (SSSR count). The van der Waals surface area contributed by atoms with E-state index in [-0.39, 0.29) is 14.7 Å². The van der Waals surface area contributed by atoms with E-state index in [4.69, 9.17) is 0 Å². The van der Waals surface area contributed by atoms with E-state index in [9.17, 15) is 14.5 Å². The van der Waals surface area contributed by atoms with Crippen molar-refractivity contribution < 1.29 is 14.5 Å². The van der Waals surface area contributed by atoms with E-state index in [0.29, 0.717) is 0 Å². The molecule has 96 valence electrons. The van der Waals surface area contributed by atoms with E-state index in [0.717, 1.165) is 12.1 Å². The summed E-state index contributed by atoms with van der Waals surface area (Å²) in [6.45, 7) is 0. The van der Waals surface area contributed by atoms with Crippen LogP contribution in [0.1, 0.15) is 17.3 Å². The van der Waals surface area contributed by atoms with Crippen LogP contribution in [0.2, 0.25) is 0 Å². The molecule has 0 nitrogen and oxygen atoms in total. The van der Waals surface area contributed by atoms with Crippen LogP contribution < -0.4 is 0 Å². The quantitative estimate of drug-likeness (QED) is 0.508. The van der Waals surface area contributed by atoms with Gasteiger partial charge in [-0.2, -0.15) is 0 Å². The van der Waals surface area contributed by atoms with E-state index < -0.39 is 33.0 Å². The topological polar surface area (TPSA) is 0 Å². The Hall–Kier alpha value is -1.11. The van der Waals surface area contributed by atoms with Crippen molar-refractivity contribution in [1.29, 1.82) is 0 Å². The van der Waals surface area contributed by atoms with Gasteiger partial charge in [0.15, 0.2) is 0 Å². The molecule has 0 saturated heterocycles. The molecule has 18 heavy (non-hydrogen) atoms. The normalized spacial score (nSPS) is 13.2. The fourth-order valence-corrected chi connectivity index (χ4v) is 3.03. The van der Waals surface area contributed by atoms with Crippen LogP contribution in [0.4, 0.5) is 14.5 Å². The maximum atomic E-state index is 14.2. The molecule has 0 radical (unpaired) electrons. The summed E-state index contributed by atoms with van der Waals surface area (Å²) in [7, 11) is 0. The summed E-state index contributed by atoms with van der Waals surface area (Å²) >= 11 is -4.24. The van der Waals surface area contributed by atoms with Gasteiger partial charge in [-0.1, -0.05) is 0 Å². The van der Waals surface area contributed by atoms with Gasteiger partial charge in [0.2, 0.25) is 0 Å². The fourth-order valence-electron chi connectivity index (χ4n) is 1.62. The second-order valence-electron chi connectivity index (χ2n) is 3.63. The Balaban J connectivity index is 2.39. The zero-order chi connectivity index (χ0) is 13.1. The van der Waals surface area contributed by atoms with Crippen molar-refractivity contribution in [1.82, 2.24) is 0 Å². The molecule has 0 aliphatic rings. The Morgan fingerprint density at radius 2 is 1.50 bits per heavy atom. The van der Waals surface area contributed by atoms with Crippen molar-refractivity contribution in [3.05, 3.63) is 69.0 Å². The van der Waals surface area contributed by atoms with Crippen LogP contribution in [0.3, 0.4) is 0 Å². The molecule has 0 aromatic heterocycles. The van der Waals surface area contributed by atoms with Crippen molar-refractivity contribution in [2.45, 2.75) is 6.17 Å². The summed E-state index contributed by atoms with van der Waals surface area (Å²) in [5.74, 6) is -0.483. The van der Waals surface area contributed by atoms with Gasteiger partial charge in [0.05, 0.1) is 0 Å². The van der Waals surface area contributed by atoms with Crippen LogP contribution in [0.25, 0.3) is 0 Å². The predicted octanol–water partition coefficient (Wildman–Crippen LogP) is 5.33. The van der Waals surface area contributed by atoms with E-state index in [1.54, 1.807) is 0 Å². The summed E-state index contributed by atoms with van der Waals surface area (Å²) in [5, 5.41) is 0.